The topological polar surface area (TPSA) is 114 Å². The first kappa shape index (κ1) is 8.78. The van der Waals surface area contributed by atoms with Crippen molar-refractivity contribution in [1.82, 2.24) is 4.90 Å². The van der Waals surface area contributed by atoms with Crippen LogP contribution >= 0.6 is 0 Å². The first-order valence-electron chi connectivity index (χ1n) is 3.19. The molecule has 4 N–H and O–H groups in total. The van der Waals surface area contributed by atoms with E-state index in [9.17, 15) is 8.42 Å². The van der Waals surface area contributed by atoms with Gasteiger partial charge in [-0.3, -0.25) is 4.90 Å². The first-order chi connectivity index (χ1) is 5.46. The zero-order chi connectivity index (χ0) is 9.35. The molecule has 0 atom stereocenters. The van der Waals surface area contributed by atoms with Crippen LogP contribution in [-0.2, 0) is 10.2 Å². The summed E-state index contributed by atoms with van der Waals surface area (Å²) < 4.78 is 27.8. The molecule has 0 aromatic heterocycles. The molecule has 68 valence electrons. The molecular weight excluding hydrogens is 182 g/mol. The fraction of sp³-hybridized carbons (Fsp3) is 0.500. The van der Waals surface area contributed by atoms with Crippen LogP contribution in [0.25, 0.3) is 0 Å². The SMILES string of the molecule is CCN1C(N)=NS(=O)(=O)N=C1N. The Morgan fingerprint density at radius 3 is 2.08 bits per heavy atom. The number of nitrogens with two attached hydrogens (primary N) is 2. The van der Waals surface area contributed by atoms with Crippen LogP contribution in [0, 0.1) is 0 Å². The predicted octanol–water partition coefficient (Wildman–Crippen LogP) is -1.80. The van der Waals surface area contributed by atoms with Crippen LogP contribution in [0.2, 0.25) is 0 Å². The van der Waals surface area contributed by atoms with Crippen molar-refractivity contribution in [3.8, 4) is 0 Å². The monoisotopic (exact) mass is 191 g/mol. The van der Waals surface area contributed by atoms with Crippen molar-refractivity contribution in [1.29, 1.82) is 0 Å². The normalized spacial score (nSPS) is 21.6. The standard InChI is InChI=1S/C4H9N5O2S/c1-2-9-3(5)7-12(10,11)8-4(9)6/h2H2,1H3,(H2,5,7)(H2,6,8). The molecule has 12 heavy (non-hydrogen) atoms. The fourth-order valence-corrected chi connectivity index (χ4v) is 1.51. The highest BCUT2D eigenvalue weighted by Crippen LogP contribution is 2.03. The van der Waals surface area contributed by atoms with E-state index in [0.29, 0.717) is 6.54 Å². The molecule has 1 aliphatic rings. The van der Waals surface area contributed by atoms with E-state index >= 15 is 0 Å². The molecule has 0 saturated heterocycles. The molecule has 1 aliphatic heterocycles. The zero-order valence-corrected chi connectivity index (χ0v) is 7.24. The summed E-state index contributed by atoms with van der Waals surface area (Å²) in [4.78, 5) is 1.29. The summed E-state index contributed by atoms with van der Waals surface area (Å²) in [5.74, 6) is -0.296. The van der Waals surface area contributed by atoms with Crippen LogP contribution < -0.4 is 11.5 Å². The molecule has 0 unspecified atom stereocenters. The number of guanidine groups is 2. The molecule has 0 aliphatic carbocycles. The zero-order valence-electron chi connectivity index (χ0n) is 6.43. The van der Waals surface area contributed by atoms with Crippen molar-refractivity contribution in [3.63, 3.8) is 0 Å². The average Bonchev–Trinajstić information content (AvgIpc) is 1.82. The van der Waals surface area contributed by atoms with Crippen LogP contribution in [0.3, 0.4) is 0 Å². The molecule has 8 heteroatoms. The highest BCUT2D eigenvalue weighted by Gasteiger charge is 2.21. The lowest BCUT2D eigenvalue weighted by molar-refractivity contribution is 0.584. The lowest BCUT2D eigenvalue weighted by Gasteiger charge is -2.21. The Labute approximate surface area is 70.0 Å². The fourth-order valence-electron chi connectivity index (χ4n) is 0.797. The molecule has 0 saturated carbocycles. The van der Waals surface area contributed by atoms with Crippen molar-refractivity contribution >= 4 is 22.1 Å². The smallest absolute Gasteiger partial charge is 0.368 e. The van der Waals surface area contributed by atoms with Crippen molar-refractivity contribution in [2.24, 2.45) is 20.3 Å². The highest BCUT2D eigenvalue weighted by molar-refractivity contribution is 7.89. The van der Waals surface area contributed by atoms with Crippen molar-refractivity contribution in [2.75, 3.05) is 6.54 Å². The van der Waals surface area contributed by atoms with Gasteiger partial charge >= 0.3 is 10.2 Å². The van der Waals surface area contributed by atoms with Gasteiger partial charge in [0, 0.05) is 6.54 Å². The maximum absolute atomic E-state index is 10.8. The summed E-state index contributed by atoms with van der Waals surface area (Å²) in [5.41, 5.74) is 10.6. The third kappa shape index (κ3) is 1.47. The van der Waals surface area contributed by atoms with Crippen LogP contribution in [0.5, 0.6) is 0 Å². The van der Waals surface area contributed by atoms with Crippen LogP contribution in [0.15, 0.2) is 8.80 Å². The third-order valence-electron chi connectivity index (χ3n) is 1.29. The Hall–Kier alpha value is -1.31. The molecule has 1 heterocycles. The van der Waals surface area contributed by atoms with Gasteiger partial charge in [-0.15, -0.1) is 8.80 Å². The van der Waals surface area contributed by atoms with Crippen LogP contribution in [0.1, 0.15) is 6.92 Å². The minimum atomic E-state index is -3.84. The summed E-state index contributed by atoms with van der Waals surface area (Å²) in [7, 11) is -3.84. The van der Waals surface area contributed by atoms with Crippen molar-refractivity contribution in [3.05, 3.63) is 0 Å². The molecule has 0 aromatic rings. The molecule has 0 radical (unpaired) electrons. The molecule has 7 nitrogen and oxygen atoms in total. The Morgan fingerprint density at radius 1 is 1.33 bits per heavy atom. The Bertz CT molecular complexity index is 316. The van der Waals surface area contributed by atoms with Gasteiger partial charge in [0.2, 0.25) is 11.9 Å². The number of rotatable bonds is 1. The van der Waals surface area contributed by atoms with E-state index in [1.54, 1.807) is 6.92 Å². The average molecular weight is 191 g/mol. The van der Waals surface area contributed by atoms with Gasteiger partial charge in [-0.2, -0.15) is 8.42 Å². The van der Waals surface area contributed by atoms with E-state index in [-0.39, 0.29) is 11.9 Å². The summed E-state index contributed by atoms with van der Waals surface area (Å²) >= 11 is 0. The molecule has 0 fully saturated rings. The van der Waals surface area contributed by atoms with E-state index in [1.807, 2.05) is 0 Å². The predicted molar refractivity (Wildman–Crippen MR) is 44.5 cm³/mol. The van der Waals surface area contributed by atoms with E-state index < -0.39 is 10.2 Å². The largest absolute Gasteiger partial charge is 0.369 e. The second kappa shape index (κ2) is 2.63. The van der Waals surface area contributed by atoms with Gasteiger partial charge in [0.25, 0.3) is 0 Å². The number of hydrogen-bond acceptors (Lipinski definition) is 5. The molecule has 0 amide bonds. The maximum atomic E-state index is 10.8. The first-order valence-corrected chi connectivity index (χ1v) is 4.59. The second-order valence-electron chi connectivity index (χ2n) is 2.09. The van der Waals surface area contributed by atoms with E-state index in [4.69, 9.17) is 11.5 Å². The van der Waals surface area contributed by atoms with Crippen LogP contribution in [0.4, 0.5) is 0 Å². The highest BCUT2D eigenvalue weighted by atomic mass is 32.2. The minimum Gasteiger partial charge on any atom is -0.368 e. The van der Waals surface area contributed by atoms with Gasteiger partial charge in [-0.25, -0.2) is 0 Å². The van der Waals surface area contributed by atoms with E-state index in [1.165, 1.54) is 4.90 Å². The van der Waals surface area contributed by atoms with Crippen LogP contribution in [-0.4, -0.2) is 31.8 Å². The van der Waals surface area contributed by atoms with Crippen molar-refractivity contribution in [2.45, 2.75) is 6.92 Å². The van der Waals surface area contributed by atoms with Gasteiger partial charge < -0.3 is 11.5 Å². The van der Waals surface area contributed by atoms with Gasteiger partial charge in [0.15, 0.2) is 0 Å². The quantitative estimate of drug-likeness (QED) is 0.507. The molecule has 0 spiro atoms. The molecule has 1 rings (SSSR count). The number of nitrogens with zero attached hydrogens (tertiary/aromatic N) is 3. The van der Waals surface area contributed by atoms with Gasteiger partial charge in [0.1, 0.15) is 0 Å². The maximum Gasteiger partial charge on any atom is 0.369 e. The number of hydrogen-bond donors (Lipinski definition) is 2. The molecular formula is C4H9N5O2S. The van der Waals surface area contributed by atoms with Gasteiger partial charge in [-0.05, 0) is 6.92 Å². The Morgan fingerprint density at radius 2 is 1.75 bits per heavy atom. The molecule has 0 bridgehead atoms. The van der Waals surface area contributed by atoms with E-state index in [2.05, 4.69) is 8.80 Å². The third-order valence-corrected chi connectivity index (χ3v) is 2.12. The minimum absolute atomic E-state index is 0.148. The van der Waals surface area contributed by atoms with E-state index in [0.717, 1.165) is 0 Å². The van der Waals surface area contributed by atoms with Gasteiger partial charge in [-0.1, -0.05) is 0 Å². The van der Waals surface area contributed by atoms with Crippen molar-refractivity contribution < 1.29 is 8.42 Å². The lowest BCUT2D eigenvalue weighted by Crippen LogP contribution is -2.48. The lowest BCUT2D eigenvalue weighted by atomic mass is 10.6. The second-order valence-corrected chi connectivity index (χ2v) is 3.35. The summed E-state index contributed by atoms with van der Waals surface area (Å²) in [6, 6.07) is 0. The molecule has 0 aromatic carbocycles. The Kier molecular flexibility index (Phi) is 1.92. The van der Waals surface area contributed by atoms with Gasteiger partial charge in [0.05, 0.1) is 0 Å². The Balaban J connectivity index is 3.13. The summed E-state index contributed by atoms with van der Waals surface area (Å²) in [6.45, 7) is 2.18. The summed E-state index contributed by atoms with van der Waals surface area (Å²) in [5, 5.41) is 0. The summed E-state index contributed by atoms with van der Waals surface area (Å²) in [6.07, 6.45) is 0.